The Hall–Kier alpha value is -2.40. The summed E-state index contributed by atoms with van der Waals surface area (Å²) >= 11 is 0. The Morgan fingerprint density at radius 2 is 2.00 bits per heavy atom. The summed E-state index contributed by atoms with van der Waals surface area (Å²) in [6, 6.07) is 13.9. The molecule has 0 aliphatic rings. The Labute approximate surface area is 118 Å². The number of pyridine rings is 1. The van der Waals surface area contributed by atoms with Gasteiger partial charge in [0.2, 0.25) is 5.91 Å². The van der Waals surface area contributed by atoms with E-state index < -0.39 is 0 Å². The maximum Gasteiger partial charge on any atom is 0.238 e. The summed E-state index contributed by atoms with van der Waals surface area (Å²) in [5.41, 5.74) is 7.11. The average Bonchev–Trinajstić information content (AvgIpc) is 2.49. The molecule has 0 unspecified atom stereocenters. The molecule has 5 heteroatoms. The second kappa shape index (κ2) is 6.68. The van der Waals surface area contributed by atoms with E-state index in [2.05, 4.69) is 22.4 Å². The van der Waals surface area contributed by atoms with E-state index in [1.165, 1.54) is 5.56 Å². The molecule has 1 aromatic heterocycles. The number of nitrogens with zero attached hydrogens (tertiary/aromatic N) is 2. The van der Waals surface area contributed by atoms with Gasteiger partial charge < -0.3 is 16.0 Å². The van der Waals surface area contributed by atoms with Gasteiger partial charge in [0.15, 0.2) is 0 Å². The third kappa shape index (κ3) is 3.80. The van der Waals surface area contributed by atoms with Crippen LogP contribution in [0.1, 0.15) is 5.56 Å². The summed E-state index contributed by atoms with van der Waals surface area (Å²) in [7, 11) is 1.98. The molecule has 0 bridgehead atoms. The lowest BCUT2D eigenvalue weighted by atomic mass is 10.2. The smallest absolute Gasteiger partial charge is 0.238 e. The predicted molar refractivity (Wildman–Crippen MR) is 80.5 cm³/mol. The number of hydrogen-bond acceptors (Lipinski definition) is 4. The minimum atomic E-state index is -0.225. The Balaban J connectivity index is 2.00. The molecule has 0 aliphatic heterocycles. The molecule has 1 amide bonds. The van der Waals surface area contributed by atoms with E-state index in [0.29, 0.717) is 5.69 Å². The molecule has 0 saturated heterocycles. The maximum atomic E-state index is 11.2. The average molecular weight is 270 g/mol. The van der Waals surface area contributed by atoms with Crippen molar-refractivity contribution in [2.45, 2.75) is 6.54 Å². The van der Waals surface area contributed by atoms with Crippen LogP contribution in [0.4, 0.5) is 11.5 Å². The molecule has 5 nitrogen and oxygen atoms in total. The molecule has 2 aromatic rings. The number of nitrogens with one attached hydrogen (secondary N) is 1. The van der Waals surface area contributed by atoms with Gasteiger partial charge in [-0.05, 0) is 17.7 Å². The first-order chi connectivity index (χ1) is 9.69. The van der Waals surface area contributed by atoms with Crippen LogP contribution in [-0.2, 0) is 11.3 Å². The van der Waals surface area contributed by atoms with Crippen LogP contribution in [0.15, 0.2) is 48.7 Å². The molecule has 0 atom stereocenters. The van der Waals surface area contributed by atoms with Crippen molar-refractivity contribution in [3.8, 4) is 0 Å². The first kappa shape index (κ1) is 14.0. The lowest BCUT2D eigenvalue weighted by Crippen LogP contribution is -2.22. The van der Waals surface area contributed by atoms with Crippen LogP contribution in [0.2, 0.25) is 0 Å². The highest BCUT2D eigenvalue weighted by atomic mass is 16.1. The third-order valence-electron chi connectivity index (χ3n) is 2.87. The van der Waals surface area contributed by atoms with Gasteiger partial charge in [-0.3, -0.25) is 4.79 Å². The molecule has 104 valence electrons. The number of carbonyl (C=O) groups is 1. The Kier molecular flexibility index (Phi) is 4.68. The molecule has 0 saturated carbocycles. The number of hydrogen-bond donors (Lipinski definition) is 2. The van der Waals surface area contributed by atoms with Gasteiger partial charge in [0.25, 0.3) is 0 Å². The predicted octanol–water partition coefficient (Wildman–Crippen LogP) is 1.62. The third-order valence-corrected chi connectivity index (χ3v) is 2.87. The topological polar surface area (TPSA) is 71.2 Å². The van der Waals surface area contributed by atoms with Crippen LogP contribution in [-0.4, -0.2) is 24.5 Å². The van der Waals surface area contributed by atoms with Crippen LogP contribution in [0.3, 0.4) is 0 Å². The van der Waals surface area contributed by atoms with Crippen molar-refractivity contribution >= 4 is 17.4 Å². The van der Waals surface area contributed by atoms with E-state index in [9.17, 15) is 4.79 Å². The molecule has 0 radical (unpaired) electrons. The van der Waals surface area contributed by atoms with Crippen molar-refractivity contribution in [1.82, 2.24) is 4.98 Å². The highest BCUT2D eigenvalue weighted by molar-refractivity contribution is 5.91. The Bertz CT molecular complexity index is 554. The van der Waals surface area contributed by atoms with Gasteiger partial charge in [-0.2, -0.15) is 0 Å². The second-order valence-electron chi connectivity index (χ2n) is 4.50. The van der Waals surface area contributed by atoms with Crippen LogP contribution in [0.25, 0.3) is 0 Å². The highest BCUT2D eigenvalue weighted by Crippen LogP contribution is 2.15. The van der Waals surface area contributed by atoms with E-state index in [4.69, 9.17) is 5.73 Å². The minimum Gasteiger partial charge on any atom is -0.355 e. The molecule has 0 spiro atoms. The van der Waals surface area contributed by atoms with Crippen molar-refractivity contribution in [1.29, 1.82) is 0 Å². The van der Waals surface area contributed by atoms with Crippen LogP contribution >= 0.6 is 0 Å². The molecule has 0 aliphatic carbocycles. The fourth-order valence-corrected chi connectivity index (χ4v) is 1.84. The molecular weight excluding hydrogens is 252 g/mol. The van der Waals surface area contributed by atoms with Gasteiger partial charge in [-0.25, -0.2) is 4.98 Å². The quantitative estimate of drug-likeness (QED) is 0.866. The first-order valence-corrected chi connectivity index (χ1v) is 6.40. The maximum absolute atomic E-state index is 11.2. The van der Waals surface area contributed by atoms with E-state index in [1.807, 2.05) is 42.3 Å². The van der Waals surface area contributed by atoms with Crippen molar-refractivity contribution in [2.75, 3.05) is 23.8 Å². The number of nitrogens with two attached hydrogens (primary N) is 1. The molecule has 2 rings (SSSR count). The molecule has 1 aromatic carbocycles. The van der Waals surface area contributed by atoms with Gasteiger partial charge in [-0.1, -0.05) is 30.3 Å². The summed E-state index contributed by atoms with van der Waals surface area (Å²) in [5, 5.41) is 2.66. The number of amides is 1. The van der Waals surface area contributed by atoms with E-state index in [-0.39, 0.29) is 12.5 Å². The standard InChI is InChI=1S/C15H18N4O/c1-19(11-12-5-3-2-4-6-12)14-8-7-13(10-17-14)18-15(20)9-16/h2-8,10H,9,11,16H2,1H3,(H,18,20). The minimum absolute atomic E-state index is 0.0321. The second-order valence-corrected chi connectivity index (χ2v) is 4.50. The number of benzene rings is 1. The van der Waals surface area contributed by atoms with Crippen LogP contribution in [0.5, 0.6) is 0 Å². The number of rotatable bonds is 5. The van der Waals surface area contributed by atoms with E-state index in [1.54, 1.807) is 6.20 Å². The fraction of sp³-hybridized carbons (Fsp3) is 0.200. The normalized spacial score (nSPS) is 10.1. The van der Waals surface area contributed by atoms with Crippen molar-refractivity contribution in [2.24, 2.45) is 5.73 Å². The summed E-state index contributed by atoms with van der Waals surface area (Å²) < 4.78 is 0. The van der Waals surface area contributed by atoms with Gasteiger partial charge in [0, 0.05) is 13.6 Å². The molecule has 20 heavy (non-hydrogen) atoms. The summed E-state index contributed by atoms with van der Waals surface area (Å²) in [6.45, 7) is 0.748. The van der Waals surface area contributed by atoms with E-state index >= 15 is 0 Å². The van der Waals surface area contributed by atoms with Gasteiger partial charge >= 0.3 is 0 Å². The first-order valence-electron chi connectivity index (χ1n) is 6.40. The van der Waals surface area contributed by atoms with Gasteiger partial charge in [-0.15, -0.1) is 0 Å². The molecule has 0 fully saturated rings. The lowest BCUT2D eigenvalue weighted by Gasteiger charge is -2.18. The van der Waals surface area contributed by atoms with Crippen molar-refractivity contribution in [3.05, 3.63) is 54.2 Å². The number of carbonyl (C=O) groups excluding carboxylic acids is 1. The van der Waals surface area contributed by atoms with Crippen LogP contribution < -0.4 is 16.0 Å². The molecule has 1 heterocycles. The van der Waals surface area contributed by atoms with E-state index in [0.717, 1.165) is 12.4 Å². The zero-order valence-corrected chi connectivity index (χ0v) is 11.4. The van der Waals surface area contributed by atoms with Gasteiger partial charge in [0.05, 0.1) is 18.4 Å². The largest absolute Gasteiger partial charge is 0.355 e. The van der Waals surface area contributed by atoms with Gasteiger partial charge in [0.1, 0.15) is 5.82 Å². The lowest BCUT2D eigenvalue weighted by molar-refractivity contribution is -0.114. The SMILES string of the molecule is CN(Cc1ccccc1)c1ccc(NC(=O)CN)cn1. The van der Waals surface area contributed by atoms with Crippen molar-refractivity contribution in [3.63, 3.8) is 0 Å². The Morgan fingerprint density at radius 3 is 2.60 bits per heavy atom. The summed E-state index contributed by atoms with van der Waals surface area (Å²) in [4.78, 5) is 17.5. The summed E-state index contributed by atoms with van der Waals surface area (Å²) in [6.07, 6.45) is 1.63. The van der Waals surface area contributed by atoms with Crippen LogP contribution in [0, 0.1) is 0 Å². The summed E-state index contributed by atoms with van der Waals surface area (Å²) in [5.74, 6) is 0.622. The zero-order chi connectivity index (χ0) is 14.4. The van der Waals surface area contributed by atoms with Crippen molar-refractivity contribution < 1.29 is 4.79 Å². The number of anilines is 2. The highest BCUT2D eigenvalue weighted by Gasteiger charge is 2.04. The molecule has 3 N–H and O–H groups in total. The number of aromatic nitrogens is 1. The molecular formula is C15H18N4O. The Morgan fingerprint density at radius 1 is 1.25 bits per heavy atom. The fourth-order valence-electron chi connectivity index (χ4n) is 1.84. The monoisotopic (exact) mass is 270 g/mol. The zero-order valence-electron chi connectivity index (χ0n) is 11.4.